The van der Waals surface area contributed by atoms with Gasteiger partial charge in [0, 0.05) is 30.5 Å². The molecular weight excluding hydrogens is 416 g/mol. The number of carbonyl (C=O) groups excluding carboxylic acids is 1. The highest BCUT2D eigenvalue weighted by Crippen LogP contribution is 2.39. The number of carbonyl (C=O) groups is 2. The third kappa shape index (κ3) is 4.92. The number of fused-ring (bicyclic) bond motifs is 1. The van der Waals surface area contributed by atoms with Gasteiger partial charge in [0.15, 0.2) is 0 Å². The molecule has 0 aliphatic carbocycles. The number of halogens is 1. The maximum atomic E-state index is 12.1. The monoisotopic (exact) mass is 434 g/mol. The second-order valence-electron chi connectivity index (χ2n) is 7.14. The Bertz CT molecular complexity index is 1140. The number of amides is 1. The molecule has 0 radical (unpaired) electrons. The van der Waals surface area contributed by atoms with Gasteiger partial charge in [0.25, 0.3) is 0 Å². The molecule has 0 saturated carbocycles. The summed E-state index contributed by atoms with van der Waals surface area (Å²) < 4.78 is 5.93. The van der Waals surface area contributed by atoms with Crippen molar-refractivity contribution < 1.29 is 19.4 Å². The van der Waals surface area contributed by atoms with Crippen molar-refractivity contribution in [2.45, 2.75) is 12.5 Å². The SMILES string of the molecule is O=C(C=Cc1cccnc1)NCC1Cc2cc(-c3ccc(C(=O)O)cc3)cc(Cl)c2O1. The Labute approximate surface area is 184 Å². The number of ether oxygens (including phenoxy) is 1. The summed E-state index contributed by atoms with van der Waals surface area (Å²) in [5.74, 6) is -0.557. The second kappa shape index (κ2) is 9.02. The summed E-state index contributed by atoms with van der Waals surface area (Å²) in [5, 5.41) is 12.4. The molecule has 0 bridgehead atoms. The van der Waals surface area contributed by atoms with Gasteiger partial charge in [0.1, 0.15) is 11.9 Å². The number of rotatable bonds is 6. The summed E-state index contributed by atoms with van der Waals surface area (Å²) in [7, 11) is 0. The van der Waals surface area contributed by atoms with Crippen molar-refractivity contribution in [1.82, 2.24) is 10.3 Å². The van der Waals surface area contributed by atoms with E-state index in [0.717, 1.165) is 22.3 Å². The Hall–Kier alpha value is -3.64. The van der Waals surface area contributed by atoms with E-state index in [1.165, 1.54) is 6.08 Å². The Morgan fingerprint density at radius 1 is 1.19 bits per heavy atom. The first-order chi connectivity index (χ1) is 15.0. The molecule has 0 saturated heterocycles. The number of nitrogens with one attached hydrogen (secondary N) is 1. The Morgan fingerprint density at radius 2 is 2.00 bits per heavy atom. The predicted octanol–water partition coefficient (Wildman–Crippen LogP) is 4.23. The zero-order valence-corrected chi connectivity index (χ0v) is 17.2. The highest BCUT2D eigenvalue weighted by atomic mass is 35.5. The lowest BCUT2D eigenvalue weighted by Gasteiger charge is -2.11. The van der Waals surface area contributed by atoms with Gasteiger partial charge in [-0.15, -0.1) is 0 Å². The standard InChI is InChI=1S/C24H19ClN2O4/c25-21-12-18(16-4-6-17(7-5-16)24(29)30)10-19-11-20(31-23(19)21)14-27-22(28)8-3-15-2-1-9-26-13-15/h1-10,12-13,20H,11,14H2,(H,27,28)(H,29,30). The third-order valence-corrected chi connectivity index (χ3v) is 5.21. The first-order valence-corrected chi connectivity index (χ1v) is 10.1. The minimum atomic E-state index is -0.966. The summed E-state index contributed by atoms with van der Waals surface area (Å²) in [6, 6.07) is 14.1. The third-order valence-electron chi connectivity index (χ3n) is 4.93. The van der Waals surface area contributed by atoms with E-state index in [-0.39, 0.29) is 17.6 Å². The van der Waals surface area contributed by atoms with Crippen LogP contribution in [-0.2, 0) is 11.2 Å². The average molecular weight is 435 g/mol. The molecule has 7 heteroatoms. The molecule has 1 unspecified atom stereocenters. The Balaban J connectivity index is 1.39. The fourth-order valence-electron chi connectivity index (χ4n) is 3.39. The van der Waals surface area contributed by atoms with E-state index in [4.69, 9.17) is 21.4 Å². The van der Waals surface area contributed by atoms with Gasteiger partial charge in [0.2, 0.25) is 5.91 Å². The molecule has 1 aliphatic rings. The van der Waals surface area contributed by atoms with Gasteiger partial charge in [-0.1, -0.05) is 29.8 Å². The van der Waals surface area contributed by atoms with Crippen LogP contribution in [-0.4, -0.2) is 34.6 Å². The van der Waals surface area contributed by atoms with Crippen LogP contribution in [0.2, 0.25) is 5.02 Å². The number of carboxylic acid groups (broad SMARTS) is 1. The Kier molecular flexibility index (Phi) is 6.00. The van der Waals surface area contributed by atoms with Crippen molar-refractivity contribution >= 4 is 29.6 Å². The van der Waals surface area contributed by atoms with E-state index >= 15 is 0 Å². The first-order valence-electron chi connectivity index (χ1n) is 9.68. The minimum absolute atomic E-state index is 0.214. The van der Waals surface area contributed by atoms with Crippen molar-refractivity contribution in [2.75, 3.05) is 6.54 Å². The quantitative estimate of drug-likeness (QED) is 0.567. The molecule has 2 aromatic carbocycles. The van der Waals surface area contributed by atoms with Crippen molar-refractivity contribution in [3.8, 4) is 16.9 Å². The molecule has 1 atom stereocenters. The van der Waals surface area contributed by atoms with Crippen molar-refractivity contribution in [3.63, 3.8) is 0 Å². The topological polar surface area (TPSA) is 88.5 Å². The van der Waals surface area contributed by atoms with Crippen LogP contribution in [0, 0.1) is 0 Å². The number of aromatic carboxylic acids is 1. The molecule has 1 amide bonds. The van der Waals surface area contributed by atoms with E-state index in [0.29, 0.717) is 23.7 Å². The fourth-order valence-corrected chi connectivity index (χ4v) is 3.68. The summed E-state index contributed by atoms with van der Waals surface area (Å²) in [5.41, 5.74) is 3.78. The normalized spacial score (nSPS) is 14.8. The smallest absolute Gasteiger partial charge is 0.335 e. The highest BCUT2D eigenvalue weighted by molar-refractivity contribution is 6.32. The number of aromatic nitrogens is 1. The average Bonchev–Trinajstić information content (AvgIpc) is 3.21. The number of pyridine rings is 1. The summed E-state index contributed by atoms with van der Waals surface area (Å²) >= 11 is 6.43. The first kappa shape index (κ1) is 20.6. The largest absolute Gasteiger partial charge is 0.486 e. The van der Waals surface area contributed by atoms with Crippen LogP contribution in [0.4, 0.5) is 0 Å². The molecule has 2 heterocycles. The van der Waals surface area contributed by atoms with Gasteiger partial charge in [-0.25, -0.2) is 4.79 Å². The molecule has 0 spiro atoms. The molecular formula is C24H19ClN2O4. The lowest BCUT2D eigenvalue weighted by atomic mass is 10.00. The molecule has 4 rings (SSSR count). The van der Waals surface area contributed by atoms with Crippen LogP contribution in [0.3, 0.4) is 0 Å². The maximum Gasteiger partial charge on any atom is 0.335 e. The zero-order valence-electron chi connectivity index (χ0n) is 16.4. The van der Waals surface area contributed by atoms with Crippen LogP contribution in [0.15, 0.2) is 67.0 Å². The van der Waals surface area contributed by atoms with Crippen molar-refractivity contribution in [1.29, 1.82) is 0 Å². The lowest BCUT2D eigenvalue weighted by Crippen LogP contribution is -2.33. The van der Waals surface area contributed by atoms with Gasteiger partial charge >= 0.3 is 5.97 Å². The molecule has 31 heavy (non-hydrogen) atoms. The van der Waals surface area contributed by atoms with Crippen LogP contribution in [0.5, 0.6) is 5.75 Å². The molecule has 1 aliphatic heterocycles. The number of hydrogen-bond donors (Lipinski definition) is 2. The number of benzene rings is 2. The van der Waals surface area contributed by atoms with E-state index in [1.54, 1.807) is 54.9 Å². The van der Waals surface area contributed by atoms with Crippen LogP contribution < -0.4 is 10.1 Å². The van der Waals surface area contributed by atoms with Crippen LogP contribution in [0.25, 0.3) is 17.2 Å². The summed E-state index contributed by atoms with van der Waals surface area (Å²) in [4.78, 5) is 27.1. The summed E-state index contributed by atoms with van der Waals surface area (Å²) in [6.07, 6.45) is 6.91. The van der Waals surface area contributed by atoms with Crippen LogP contribution >= 0.6 is 11.6 Å². The van der Waals surface area contributed by atoms with Crippen LogP contribution in [0.1, 0.15) is 21.5 Å². The van der Waals surface area contributed by atoms with Gasteiger partial charge in [-0.05, 0) is 53.1 Å². The molecule has 0 fully saturated rings. The van der Waals surface area contributed by atoms with Crippen molar-refractivity contribution in [2.24, 2.45) is 0 Å². The maximum absolute atomic E-state index is 12.1. The summed E-state index contributed by atoms with van der Waals surface area (Å²) in [6.45, 7) is 0.351. The van der Waals surface area contributed by atoms with E-state index in [1.807, 2.05) is 12.1 Å². The minimum Gasteiger partial charge on any atom is -0.486 e. The Morgan fingerprint density at radius 3 is 2.71 bits per heavy atom. The predicted molar refractivity (Wildman–Crippen MR) is 118 cm³/mol. The molecule has 6 nitrogen and oxygen atoms in total. The van der Waals surface area contributed by atoms with E-state index in [9.17, 15) is 9.59 Å². The van der Waals surface area contributed by atoms with Gasteiger partial charge in [0.05, 0.1) is 17.1 Å². The highest BCUT2D eigenvalue weighted by Gasteiger charge is 2.26. The number of hydrogen-bond acceptors (Lipinski definition) is 4. The van der Waals surface area contributed by atoms with Gasteiger partial charge in [-0.2, -0.15) is 0 Å². The van der Waals surface area contributed by atoms with E-state index in [2.05, 4.69) is 10.3 Å². The molecule has 2 N–H and O–H groups in total. The number of carboxylic acids is 1. The second-order valence-corrected chi connectivity index (χ2v) is 7.54. The molecule has 1 aromatic heterocycles. The van der Waals surface area contributed by atoms with Crippen molar-refractivity contribution in [3.05, 3.63) is 88.7 Å². The molecule has 156 valence electrons. The van der Waals surface area contributed by atoms with Gasteiger partial charge < -0.3 is 15.2 Å². The van der Waals surface area contributed by atoms with Gasteiger partial charge in [-0.3, -0.25) is 9.78 Å². The lowest BCUT2D eigenvalue weighted by molar-refractivity contribution is -0.116. The molecule has 3 aromatic rings. The fraction of sp³-hybridized carbons (Fsp3) is 0.125. The van der Waals surface area contributed by atoms with E-state index < -0.39 is 5.97 Å². The zero-order chi connectivity index (χ0) is 21.8. The number of nitrogens with zero attached hydrogens (tertiary/aromatic N) is 1.